The molecular weight excluding hydrogens is 354 g/mol. The molecular formula is C15H24ClN3O4S. The Morgan fingerprint density at radius 3 is 2.58 bits per heavy atom. The first-order valence-electron chi connectivity index (χ1n) is 7.49. The second-order valence-electron chi connectivity index (χ2n) is 5.59. The molecule has 0 radical (unpaired) electrons. The van der Waals surface area contributed by atoms with E-state index in [4.69, 9.17) is 4.74 Å². The molecule has 0 aliphatic heterocycles. The Kier molecular flexibility index (Phi) is 7.47. The number of nitrogens with zero attached hydrogens (tertiary/aromatic N) is 1. The molecule has 9 heteroatoms. The molecule has 7 nitrogen and oxygen atoms in total. The predicted molar refractivity (Wildman–Crippen MR) is 94.5 cm³/mol. The minimum absolute atomic E-state index is 0. The van der Waals surface area contributed by atoms with Crippen molar-refractivity contribution in [2.45, 2.75) is 23.8 Å². The predicted octanol–water partition coefficient (Wildman–Crippen LogP) is 0.849. The summed E-state index contributed by atoms with van der Waals surface area (Å²) in [6.07, 6.45) is 1.68. The summed E-state index contributed by atoms with van der Waals surface area (Å²) in [6.45, 7) is 1.19. The number of hydrogen-bond acceptors (Lipinski definition) is 5. The molecule has 1 aromatic carbocycles. The lowest BCUT2D eigenvalue weighted by atomic mass is 10.2. The van der Waals surface area contributed by atoms with Crippen LogP contribution in [0.15, 0.2) is 23.1 Å². The molecule has 1 fully saturated rings. The number of carbonyl (C=O) groups excluding carboxylic acids is 1. The van der Waals surface area contributed by atoms with E-state index in [1.54, 1.807) is 25.1 Å². The molecule has 0 saturated heterocycles. The molecule has 0 spiro atoms. The van der Waals surface area contributed by atoms with E-state index in [0.29, 0.717) is 18.7 Å². The molecule has 0 heterocycles. The van der Waals surface area contributed by atoms with E-state index < -0.39 is 10.0 Å². The number of halogens is 1. The van der Waals surface area contributed by atoms with Gasteiger partial charge in [0.1, 0.15) is 10.6 Å². The van der Waals surface area contributed by atoms with Gasteiger partial charge in [0.05, 0.1) is 7.11 Å². The summed E-state index contributed by atoms with van der Waals surface area (Å²) in [6, 6.07) is 4.46. The summed E-state index contributed by atoms with van der Waals surface area (Å²) < 4.78 is 32.7. The zero-order valence-electron chi connectivity index (χ0n) is 14.0. The molecule has 1 saturated carbocycles. The maximum Gasteiger partial charge on any atom is 0.253 e. The molecule has 1 aliphatic rings. The van der Waals surface area contributed by atoms with Crippen LogP contribution in [0.2, 0.25) is 0 Å². The lowest BCUT2D eigenvalue weighted by molar-refractivity contribution is 0.0796. The summed E-state index contributed by atoms with van der Waals surface area (Å²) in [5, 5.41) is 2.97. The molecule has 2 N–H and O–H groups in total. The van der Waals surface area contributed by atoms with Crippen molar-refractivity contribution in [3.63, 3.8) is 0 Å². The molecule has 0 unspecified atom stereocenters. The van der Waals surface area contributed by atoms with Gasteiger partial charge in [0.2, 0.25) is 10.0 Å². The van der Waals surface area contributed by atoms with Gasteiger partial charge in [0.15, 0.2) is 0 Å². The number of nitrogens with one attached hydrogen (secondary N) is 2. The van der Waals surface area contributed by atoms with E-state index >= 15 is 0 Å². The second-order valence-corrected chi connectivity index (χ2v) is 7.27. The Balaban J connectivity index is 0.00000288. The quantitative estimate of drug-likeness (QED) is 0.701. The van der Waals surface area contributed by atoms with Crippen LogP contribution < -0.4 is 14.8 Å². The monoisotopic (exact) mass is 377 g/mol. The third-order valence-electron chi connectivity index (χ3n) is 3.64. The smallest absolute Gasteiger partial charge is 0.253 e. The molecule has 0 aromatic heterocycles. The summed E-state index contributed by atoms with van der Waals surface area (Å²) >= 11 is 0. The van der Waals surface area contributed by atoms with Crippen LogP contribution in [0.25, 0.3) is 0 Å². The van der Waals surface area contributed by atoms with Gasteiger partial charge in [0, 0.05) is 31.7 Å². The number of likely N-dealkylation sites (N-methyl/N-ethyl adjacent to an activating group) is 2. The van der Waals surface area contributed by atoms with Gasteiger partial charge < -0.3 is 15.0 Å². The van der Waals surface area contributed by atoms with Gasteiger partial charge in [-0.05, 0) is 38.1 Å². The van der Waals surface area contributed by atoms with Crippen LogP contribution in [0, 0.1) is 0 Å². The summed E-state index contributed by atoms with van der Waals surface area (Å²) in [7, 11) is 1.20. The van der Waals surface area contributed by atoms with Gasteiger partial charge in [0.25, 0.3) is 5.91 Å². The first-order valence-corrected chi connectivity index (χ1v) is 8.98. The lowest BCUT2D eigenvalue weighted by Crippen LogP contribution is -2.33. The molecule has 0 bridgehead atoms. The second kappa shape index (κ2) is 8.66. The van der Waals surface area contributed by atoms with Crippen molar-refractivity contribution >= 4 is 28.3 Å². The minimum atomic E-state index is -3.70. The Bertz CT molecular complexity index is 677. The number of carbonyl (C=O) groups is 1. The Hall–Kier alpha value is -1.35. The molecule has 1 aliphatic carbocycles. The molecule has 1 aromatic rings. The highest BCUT2D eigenvalue weighted by Crippen LogP contribution is 2.28. The number of sulfonamides is 1. The van der Waals surface area contributed by atoms with Crippen molar-refractivity contribution < 1.29 is 17.9 Å². The lowest BCUT2D eigenvalue weighted by Gasteiger charge is -2.18. The van der Waals surface area contributed by atoms with Crippen LogP contribution >= 0.6 is 12.4 Å². The van der Waals surface area contributed by atoms with Crippen molar-refractivity contribution in [3.8, 4) is 5.75 Å². The summed E-state index contributed by atoms with van der Waals surface area (Å²) in [4.78, 5) is 14.0. The fourth-order valence-electron chi connectivity index (χ4n) is 2.11. The highest BCUT2D eigenvalue weighted by Gasteiger charge is 2.30. The van der Waals surface area contributed by atoms with Gasteiger partial charge in [-0.2, -0.15) is 0 Å². The summed E-state index contributed by atoms with van der Waals surface area (Å²) in [5.41, 5.74) is 0.320. The SMILES string of the molecule is CNCCN(C)C(=O)c1ccc(OC)c(S(=O)(=O)NC2CC2)c1.Cl. The summed E-state index contributed by atoms with van der Waals surface area (Å²) in [5.74, 6) is -0.00153. The number of amides is 1. The zero-order chi connectivity index (χ0) is 17.0. The van der Waals surface area contributed by atoms with Crippen LogP contribution in [0.5, 0.6) is 5.75 Å². The van der Waals surface area contributed by atoms with E-state index in [9.17, 15) is 13.2 Å². The standard InChI is InChI=1S/C15H23N3O4S.ClH/c1-16-8-9-18(2)15(19)11-4-7-13(22-3)14(10-11)23(20,21)17-12-5-6-12;/h4,7,10,12,16-17H,5-6,8-9H2,1-3H3;1H. The van der Waals surface area contributed by atoms with Gasteiger partial charge in [-0.25, -0.2) is 13.1 Å². The van der Waals surface area contributed by atoms with E-state index in [1.165, 1.54) is 19.2 Å². The fraction of sp³-hybridized carbons (Fsp3) is 0.533. The van der Waals surface area contributed by atoms with E-state index in [2.05, 4.69) is 10.0 Å². The van der Waals surface area contributed by atoms with Crippen LogP contribution in [-0.2, 0) is 10.0 Å². The van der Waals surface area contributed by atoms with Gasteiger partial charge in [-0.1, -0.05) is 0 Å². The number of hydrogen-bond donors (Lipinski definition) is 2. The van der Waals surface area contributed by atoms with Crippen LogP contribution in [0.1, 0.15) is 23.2 Å². The van der Waals surface area contributed by atoms with Gasteiger partial charge in [-0.15, -0.1) is 12.4 Å². The molecule has 0 atom stereocenters. The number of rotatable bonds is 8. The molecule has 24 heavy (non-hydrogen) atoms. The average molecular weight is 378 g/mol. The third kappa shape index (κ3) is 5.07. The van der Waals surface area contributed by atoms with Gasteiger partial charge >= 0.3 is 0 Å². The number of ether oxygens (including phenoxy) is 1. The van der Waals surface area contributed by atoms with Crippen LogP contribution in [-0.4, -0.2) is 59.6 Å². The minimum Gasteiger partial charge on any atom is -0.495 e. The molecule has 136 valence electrons. The molecule has 1 amide bonds. The topological polar surface area (TPSA) is 87.7 Å². The van der Waals surface area contributed by atoms with Crippen molar-refractivity contribution in [2.75, 3.05) is 34.3 Å². The normalized spacial score (nSPS) is 14.0. The van der Waals surface area contributed by atoms with Crippen molar-refractivity contribution in [2.24, 2.45) is 0 Å². The number of methoxy groups -OCH3 is 1. The Morgan fingerprint density at radius 1 is 1.38 bits per heavy atom. The first-order chi connectivity index (χ1) is 10.9. The Morgan fingerprint density at radius 2 is 2.04 bits per heavy atom. The van der Waals surface area contributed by atoms with Crippen LogP contribution in [0.4, 0.5) is 0 Å². The van der Waals surface area contributed by atoms with Crippen molar-refractivity contribution in [1.29, 1.82) is 0 Å². The highest BCUT2D eigenvalue weighted by atomic mass is 35.5. The van der Waals surface area contributed by atoms with Gasteiger partial charge in [-0.3, -0.25) is 4.79 Å². The largest absolute Gasteiger partial charge is 0.495 e. The number of benzene rings is 1. The Labute approximate surface area is 149 Å². The van der Waals surface area contributed by atoms with E-state index in [0.717, 1.165) is 12.8 Å². The maximum atomic E-state index is 12.5. The average Bonchev–Trinajstić information content (AvgIpc) is 3.34. The van der Waals surface area contributed by atoms with Crippen molar-refractivity contribution in [1.82, 2.24) is 14.9 Å². The van der Waals surface area contributed by atoms with E-state index in [-0.39, 0.29) is 35.0 Å². The maximum absolute atomic E-state index is 12.5. The highest BCUT2D eigenvalue weighted by molar-refractivity contribution is 7.89. The van der Waals surface area contributed by atoms with Crippen molar-refractivity contribution in [3.05, 3.63) is 23.8 Å². The molecule has 2 rings (SSSR count). The van der Waals surface area contributed by atoms with E-state index in [1.807, 2.05) is 0 Å². The third-order valence-corrected chi connectivity index (χ3v) is 5.18. The zero-order valence-corrected chi connectivity index (χ0v) is 15.7. The fourth-order valence-corrected chi connectivity index (χ4v) is 3.61. The first kappa shape index (κ1) is 20.7. The van der Waals surface area contributed by atoms with Crippen LogP contribution in [0.3, 0.4) is 0 Å².